The lowest BCUT2D eigenvalue weighted by Gasteiger charge is -2.15. The summed E-state index contributed by atoms with van der Waals surface area (Å²) in [5.41, 5.74) is 2.88. The summed E-state index contributed by atoms with van der Waals surface area (Å²) in [6, 6.07) is 7.02. The van der Waals surface area contributed by atoms with Crippen LogP contribution >= 0.6 is 0 Å². The largest absolute Gasteiger partial charge is 0.489 e. The van der Waals surface area contributed by atoms with Crippen molar-refractivity contribution in [2.45, 2.75) is 26.4 Å². The first-order valence-corrected chi connectivity index (χ1v) is 7.02. The zero-order chi connectivity index (χ0) is 16.3. The van der Waals surface area contributed by atoms with E-state index in [0.29, 0.717) is 11.4 Å². The lowest BCUT2D eigenvalue weighted by atomic mass is 10.0. The van der Waals surface area contributed by atoms with Gasteiger partial charge in [-0.25, -0.2) is 0 Å². The molecule has 1 heterocycles. The summed E-state index contributed by atoms with van der Waals surface area (Å²) < 4.78 is 5.61. The third-order valence-corrected chi connectivity index (χ3v) is 3.14. The van der Waals surface area contributed by atoms with Crippen LogP contribution < -0.4 is 15.5 Å². The van der Waals surface area contributed by atoms with E-state index in [2.05, 4.69) is 10.7 Å². The van der Waals surface area contributed by atoms with E-state index in [4.69, 9.17) is 4.74 Å². The second-order valence-corrected chi connectivity index (χ2v) is 5.34. The maximum absolute atomic E-state index is 12.1. The summed E-state index contributed by atoms with van der Waals surface area (Å²) in [4.78, 5) is 35.5. The Bertz CT molecular complexity index is 600. The summed E-state index contributed by atoms with van der Waals surface area (Å²) in [7, 11) is 1.45. The highest BCUT2D eigenvalue weighted by Gasteiger charge is 2.38. The molecule has 1 fully saturated rings. The summed E-state index contributed by atoms with van der Waals surface area (Å²) in [6.45, 7) is 3.77. The minimum Gasteiger partial charge on any atom is -0.489 e. The Kier molecular flexibility index (Phi) is 4.65. The molecule has 1 aromatic rings. The molecule has 118 valence electrons. The lowest BCUT2D eigenvalue weighted by Crippen LogP contribution is -2.31. The van der Waals surface area contributed by atoms with Gasteiger partial charge in [0.1, 0.15) is 11.7 Å². The monoisotopic (exact) mass is 305 g/mol. The quantitative estimate of drug-likeness (QED) is 0.792. The van der Waals surface area contributed by atoms with Gasteiger partial charge in [-0.2, -0.15) is 0 Å². The van der Waals surface area contributed by atoms with E-state index >= 15 is 0 Å². The van der Waals surface area contributed by atoms with Gasteiger partial charge in [-0.05, 0) is 26.0 Å². The van der Waals surface area contributed by atoms with Crippen molar-refractivity contribution < 1.29 is 19.1 Å². The maximum Gasteiger partial charge on any atom is 0.253 e. The number of para-hydroxylation sites is 2. The fourth-order valence-corrected chi connectivity index (χ4v) is 2.14. The number of rotatable bonds is 5. The maximum atomic E-state index is 12.1. The number of nitrogens with zero attached hydrogens (tertiary/aromatic N) is 1. The van der Waals surface area contributed by atoms with Gasteiger partial charge in [0.15, 0.2) is 0 Å². The topological polar surface area (TPSA) is 87.7 Å². The number of benzene rings is 1. The van der Waals surface area contributed by atoms with Crippen LogP contribution in [0.4, 0.5) is 5.69 Å². The Hall–Kier alpha value is -2.57. The zero-order valence-electron chi connectivity index (χ0n) is 12.8. The molecule has 0 spiro atoms. The first-order valence-electron chi connectivity index (χ1n) is 7.02. The number of nitrogens with one attached hydrogen (secondary N) is 2. The van der Waals surface area contributed by atoms with Crippen LogP contribution in [0.2, 0.25) is 0 Å². The molecule has 0 bridgehead atoms. The first-order chi connectivity index (χ1) is 10.4. The SMILES string of the molecule is CC(C)Oc1ccccc1NC(=O)CC1C(=O)NN(C)C1=O. The van der Waals surface area contributed by atoms with E-state index in [0.717, 1.165) is 5.01 Å². The Balaban J connectivity index is 2.04. The molecule has 1 aliphatic rings. The summed E-state index contributed by atoms with van der Waals surface area (Å²) in [6.07, 6.45) is -0.237. The third kappa shape index (κ3) is 3.55. The molecule has 2 N–H and O–H groups in total. The molecule has 1 aliphatic heterocycles. The van der Waals surface area contributed by atoms with Crippen LogP contribution in [0.5, 0.6) is 5.75 Å². The van der Waals surface area contributed by atoms with Gasteiger partial charge in [0.25, 0.3) is 11.8 Å². The Labute approximate surface area is 128 Å². The molecule has 1 saturated heterocycles. The highest BCUT2D eigenvalue weighted by molar-refractivity contribution is 6.09. The van der Waals surface area contributed by atoms with E-state index in [1.807, 2.05) is 13.8 Å². The van der Waals surface area contributed by atoms with Crippen LogP contribution in [0.1, 0.15) is 20.3 Å². The van der Waals surface area contributed by atoms with Gasteiger partial charge in [-0.15, -0.1) is 0 Å². The van der Waals surface area contributed by atoms with Crippen molar-refractivity contribution in [1.29, 1.82) is 0 Å². The molecular weight excluding hydrogens is 286 g/mol. The number of hydrazine groups is 1. The van der Waals surface area contributed by atoms with Crippen molar-refractivity contribution in [3.05, 3.63) is 24.3 Å². The fourth-order valence-electron chi connectivity index (χ4n) is 2.14. The van der Waals surface area contributed by atoms with Crippen molar-refractivity contribution in [3.63, 3.8) is 0 Å². The molecule has 3 amide bonds. The summed E-state index contributed by atoms with van der Waals surface area (Å²) in [5.74, 6) is -1.72. The normalized spacial score (nSPS) is 17.6. The number of carbonyl (C=O) groups is 3. The number of amides is 3. The molecular formula is C15H19N3O4. The molecule has 7 nitrogen and oxygen atoms in total. The minimum absolute atomic E-state index is 0.0334. The van der Waals surface area contributed by atoms with E-state index in [9.17, 15) is 14.4 Å². The Morgan fingerprint density at radius 2 is 2.05 bits per heavy atom. The molecule has 0 radical (unpaired) electrons. The average molecular weight is 305 g/mol. The molecule has 2 rings (SSSR count). The van der Waals surface area contributed by atoms with Crippen LogP contribution in [-0.4, -0.2) is 35.9 Å². The highest BCUT2D eigenvalue weighted by Crippen LogP contribution is 2.25. The van der Waals surface area contributed by atoms with Crippen LogP contribution in [0.15, 0.2) is 24.3 Å². The van der Waals surface area contributed by atoms with Crippen LogP contribution in [-0.2, 0) is 14.4 Å². The zero-order valence-corrected chi connectivity index (χ0v) is 12.8. The molecule has 7 heteroatoms. The smallest absolute Gasteiger partial charge is 0.253 e. The van der Waals surface area contributed by atoms with Crippen molar-refractivity contribution in [2.75, 3.05) is 12.4 Å². The highest BCUT2D eigenvalue weighted by atomic mass is 16.5. The van der Waals surface area contributed by atoms with E-state index in [-0.39, 0.29) is 12.5 Å². The van der Waals surface area contributed by atoms with Gasteiger partial charge in [0.05, 0.1) is 11.8 Å². The molecule has 1 atom stereocenters. The molecule has 1 aromatic carbocycles. The number of anilines is 1. The van der Waals surface area contributed by atoms with E-state index in [1.165, 1.54) is 7.05 Å². The number of carbonyl (C=O) groups excluding carboxylic acids is 3. The van der Waals surface area contributed by atoms with Crippen molar-refractivity contribution >= 4 is 23.4 Å². The Morgan fingerprint density at radius 3 is 2.64 bits per heavy atom. The lowest BCUT2D eigenvalue weighted by molar-refractivity contribution is -0.134. The predicted octanol–water partition coefficient (Wildman–Crippen LogP) is 0.922. The van der Waals surface area contributed by atoms with Crippen molar-refractivity contribution in [2.24, 2.45) is 5.92 Å². The third-order valence-electron chi connectivity index (χ3n) is 3.14. The van der Waals surface area contributed by atoms with E-state index < -0.39 is 23.6 Å². The first kappa shape index (κ1) is 15.8. The average Bonchev–Trinajstić information content (AvgIpc) is 2.67. The molecule has 22 heavy (non-hydrogen) atoms. The predicted molar refractivity (Wildman–Crippen MR) is 79.9 cm³/mol. The number of hydrogen-bond acceptors (Lipinski definition) is 4. The molecule has 0 aromatic heterocycles. The van der Waals surface area contributed by atoms with Gasteiger partial charge in [-0.3, -0.25) is 24.8 Å². The molecule has 0 aliphatic carbocycles. The number of ether oxygens (including phenoxy) is 1. The molecule has 1 unspecified atom stereocenters. The van der Waals surface area contributed by atoms with Gasteiger partial charge >= 0.3 is 0 Å². The van der Waals surface area contributed by atoms with E-state index in [1.54, 1.807) is 24.3 Å². The fraction of sp³-hybridized carbons (Fsp3) is 0.400. The van der Waals surface area contributed by atoms with Crippen LogP contribution in [0.25, 0.3) is 0 Å². The minimum atomic E-state index is -0.983. The second kappa shape index (κ2) is 6.46. The Morgan fingerprint density at radius 1 is 1.36 bits per heavy atom. The van der Waals surface area contributed by atoms with Gasteiger partial charge in [0, 0.05) is 13.5 Å². The summed E-state index contributed by atoms with van der Waals surface area (Å²) in [5, 5.41) is 3.78. The second-order valence-electron chi connectivity index (χ2n) is 5.34. The van der Waals surface area contributed by atoms with Gasteiger partial charge in [-0.1, -0.05) is 12.1 Å². The van der Waals surface area contributed by atoms with Gasteiger partial charge in [0.2, 0.25) is 5.91 Å². The van der Waals surface area contributed by atoms with Gasteiger partial charge < -0.3 is 10.1 Å². The van der Waals surface area contributed by atoms with Crippen LogP contribution in [0.3, 0.4) is 0 Å². The molecule has 0 saturated carbocycles. The van der Waals surface area contributed by atoms with Crippen LogP contribution in [0, 0.1) is 5.92 Å². The standard InChI is InChI=1S/C15H19N3O4/c1-9(2)22-12-7-5-4-6-11(12)16-13(19)8-10-14(20)17-18(3)15(10)21/h4-7,9-10H,8H2,1-3H3,(H,16,19)(H,17,20). The number of hydrogen-bond donors (Lipinski definition) is 2. The summed E-state index contributed by atoms with van der Waals surface area (Å²) >= 11 is 0. The van der Waals surface area contributed by atoms with Crippen molar-refractivity contribution in [1.82, 2.24) is 10.4 Å². The van der Waals surface area contributed by atoms with Crippen molar-refractivity contribution in [3.8, 4) is 5.75 Å².